The van der Waals surface area contributed by atoms with Crippen LogP contribution in [0.5, 0.6) is 0 Å². The number of nitrogens with one attached hydrogen (secondary N) is 1. The summed E-state index contributed by atoms with van der Waals surface area (Å²) in [6.45, 7) is 6.49. The molecule has 4 nitrogen and oxygen atoms in total. The van der Waals surface area contributed by atoms with Gasteiger partial charge in [-0.15, -0.1) is 37.2 Å². The highest BCUT2D eigenvalue weighted by molar-refractivity contribution is 5.86. The highest BCUT2D eigenvalue weighted by Gasteiger charge is 2.33. The molecule has 1 atom stereocenters. The molecule has 4 aromatic rings. The first kappa shape index (κ1) is 30.2. The van der Waals surface area contributed by atoms with Crippen molar-refractivity contribution in [3.8, 4) is 11.3 Å². The smallest absolute Gasteiger partial charge is 0.110 e. The van der Waals surface area contributed by atoms with Crippen LogP contribution in [0, 0.1) is 0 Å². The van der Waals surface area contributed by atoms with Gasteiger partial charge in [-0.2, -0.15) is 0 Å². The van der Waals surface area contributed by atoms with E-state index in [4.69, 9.17) is 4.98 Å². The van der Waals surface area contributed by atoms with E-state index >= 15 is 0 Å². The first-order valence-electron chi connectivity index (χ1n) is 13.0. The number of H-pyrrole nitrogens is 1. The van der Waals surface area contributed by atoms with Crippen molar-refractivity contribution in [2.24, 2.45) is 0 Å². The number of aromatic amines is 1. The summed E-state index contributed by atoms with van der Waals surface area (Å²) >= 11 is 0. The molecule has 1 aromatic heterocycles. The van der Waals surface area contributed by atoms with Crippen molar-refractivity contribution in [3.63, 3.8) is 0 Å². The molecule has 7 heteroatoms. The fourth-order valence-corrected chi connectivity index (χ4v) is 5.52. The van der Waals surface area contributed by atoms with Crippen LogP contribution in [0.2, 0.25) is 0 Å². The van der Waals surface area contributed by atoms with Crippen LogP contribution >= 0.6 is 37.2 Å². The number of imidazole rings is 1. The lowest BCUT2D eigenvalue weighted by Gasteiger charge is -2.41. The van der Waals surface area contributed by atoms with Crippen molar-refractivity contribution in [2.45, 2.75) is 37.8 Å². The Morgan fingerprint density at radius 3 is 1.66 bits per heavy atom. The van der Waals surface area contributed by atoms with Crippen molar-refractivity contribution in [2.75, 3.05) is 26.2 Å². The molecule has 2 aliphatic rings. The minimum atomic E-state index is 0. The van der Waals surface area contributed by atoms with Crippen LogP contribution < -0.4 is 0 Å². The fourth-order valence-electron chi connectivity index (χ4n) is 5.52. The molecule has 1 saturated carbocycles. The molecular formula is C31H37Cl3N4. The van der Waals surface area contributed by atoms with E-state index in [2.05, 4.69) is 113 Å². The van der Waals surface area contributed by atoms with Gasteiger partial charge in [0, 0.05) is 32.1 Å². The number of rotatable bonds is 7. The van der Waals surface area contributed by atoms with Crippen LogP contribution in [0.3, 0.4) is 0 Å². The normalized spacial score (nSPS) is 16.7. The van der Waals surface area contributed by atoms with Crippen LogP contribution in [-0.2, 0) is 0 Å². The van der Waals surface area contributed by atoms with E-state index in [-0.39, 0.29) is 43.3 Å². The average Bonchev–Trinajstić information content (AvgIpc) is 3.69. The van der Waals surface area contributed by atoms with E-state index < -0.39 is 0 Å². The Balaban J connectivity index is 0.00000133. The lowest BCUT2D eigenvalue weighted by molar-refractivity contribution is 0.0829. The predicted octanol–water partition coefficient (Wildman–Crippen LogP) is 7.69. The second-order valence-electron chi connectivity index (χ2n) is 9.99. The first-order chi connectivity index (χ1) is 17.3. The maximum Gasteiger partial charge on any atom is 0.110 e. The van der Waals surface area contributed by atoms with Crippen LogP contribution in [0.1, 0.15) is 60.4 Å². The summed E-state index contributed by atoms with van der Waals surface area (Å²) in [7, 11) is 0. The van der Waals surface area contributed by atoms with Crippen molar-refractivity contribution in [1.29, 1.82) is 0 Å². The third-order valence-electron chi connectivity index (χ3n) is 7.66. The molecule has 2 heterocycles. The molecule has 38 heavy (non-hydrogen) atoms. The molecular weight excluding hydrogens is 535 g/mol. The molecule has 0 bridgehead atoms. The summed E-state index contributed by atoms with van der Waals surface area (Å²) < 4.78 is 0. The molecule has 3 aromatic carbocycles. The Hall–Kier alpha value is -2.34. The van der Waals surface area contributed by atoms with Gasteiger partial charge in [0.2, 0.25) is 0 Å². The Kier molecular flexibility index (Phi) is 10.8. The zero-order chi connectivity index (χ0) is 23.6. The van der Waals surface area contributed by atoms with Crippen molar-refractivity contribution in [3.05, 3.63) is 114 Å². The van der Waals surface area contributed by atoms with Crippen molar-refractivity contribution in [1.82, 2.24) is 19.8 Å². The van der Waals surface area contributed by atoms with Gasteiger partial charge in [-0.1, -0.05) is 91.0 Å². The number of hydrogen-bond acceptors (Lipinski definition) is 3. The lowest BCUT2D eigenvalue weighted by atomic mass is 9.96. The highest BCUT2D eigenvalue weighted by Crippen LogP contribution is 2.41. The summed E-state index contributed by atoms with van der Waals surface area (Å²) in [5.74, 6) is 1.80. The van der Waals surface area contributed by atoms with Gasteiger partial charge in [-0.05, 0) is 36.5 Å². The Bertz CT molecular complexity index is 1200. The number of halogens is 3. The van der Waals surface area contributed by atoms with Gasteiger partial charge in [0.05, 0.1) is 23.5 Å². The molecule has 0 amide bonds. The van der Waals surface area contributed by atoms with Gasteiger partial charge in [0.1, 0.15) is 5.82 Å². The van der Waals surface area contributed by atoms with Crippen LogP contribution in [0.4, 0.5) is 0 Å². The van der Waals surface area contributed by atoms with Gasteiger partial charge in [-0.3, -0.25) is 9.80 Å². The third-order valence-corrected chi connectivity index (χ3v) is 7.66. The monoisotopic (exact) mass is 570 g/mol. The quantitative estimate of drug-likeness (QED) is 0.247. The molecule has 1 aliphatic carbocycles. The molecule has 0 radical (unpaired) electrons. The number of benzene rings is 3. The van der Waals surface area contributed by atoms with Gasteiger partial charge in [-0.25, -0.2) is 4.98 Å². The fraction of sp³-hybridized carbons (Fsp3) is 0.323. The predicted molar refractivity (Wildman–Crippen MR) is 164 cm³/mol. The van der Waals surface area contributed by atoms with E-state index in [0.717, 1.165) is 26.2 Å². The van der Waals surface area contributed by atoms with Crippen molar-refractivity contribution < 1.29 is 0 Å². The first-order valence-corrected chi connectivity index (χ1v) is 13.0. The molecule has 6 rings (SSSR count). The molecule has 1 N–H and O–H groups in total. The van der Waals surface area contributed by atoms with E-state index in [1.807, 2.05) is 0 Å². The van der Waals surface area contributed by atoms with Gasteiger partial charge in [0.25, 0.3) is 0 Å². The zero-order valence-corrected chi connectivity index (χ0v) is 24.2. The van der Waals surface area contributed by atoms with Crippen LogP contribution in [0.15, 0.2) is 91.0 Å². The Morgan fingerprint density at radius 2 is 1.16 bits per heavy atom. The Labute approximate surface area is 245 Å². The number of piperazine rings is 1. The van der Waals surface area contributed by atoms with Gasteiger partial charge < -0.3 is 4.98 Å². The number of nitrogens with zero attached hydrogens (tertiary/aromatic N) is 3. The zero-order valence-electron chi connectivity index (χ0n) is 21.7. The highest BCUT2D eigenvalue weighted by atomic mass is 35.5. The number of aromatic nitrogens is 2. The number of hydrogen-bond donors (Lipinski definition) is 1. The molecule has 1 unspecified atom stereocenters. The summed E-state index contributed by atoms with van der Waals surface area (Å²) in [6, 6.07) is 33.2. The topological polar surface area (TPSA) is 35.2 Å². The van der Waals surface area contributed by atoms with E-state index in [1.54, 1.807) is 0 Å². The maximum atomic E-state index is 5.16. The molecule has 202 valence electrons. The van der Waals surface area contributed by atoms with E-state index in [9.17, 15) is 0 Å². The lowest BCUT2D eigenvalue weighted by Crippen LogP contribution is -2.48. The summed E-state index contributed by atoms with van der Waals surface area (Å²) in [5, 5.41) is 0. The van der Waals surface area contributed by atoms with Crippen molar-refractivity contribution >= 4 is 37.2 Å². The summed E-state index contributed by atoms with van der Waals surface area (Å²) in [6.07, 6.45) is 2.52. The Morgan fingerprint density at radius 1 is 0.684 bits per heavy atom. The summed E-state index contributed by atoms with van der Waals surface area (Å²) in [5.41, 5.74) is 6.38. The minimum absolute atomic E-state index is 0. The molecule has 1 aliphatic heterocycles. The van der Waals surface area contributed by atoms with E-state index in [0.29, 0.717) is 12.0 Å². The average molecular weight is 572 g/mol. The molecule has 0 spiro atoms. The minimum Gasteiger partial charge on any atom is -0.341 e. The third kappa shape index (κ3) is 6.44. The largest absolute Gasteiger partial charge is 0.341 e. The summed E-state index contributed by atoms with van der Waals surface area (Å²) in [4.78, 5) is 14.1. The SMILES string of the molecule is CC(c1nc(C2CC2)[nH]c1-c1ccccc1)N1CCN(C(c2ccccc2)c2ccccc2)CC1.Cl.Cl.Cl. The second-order valence-corrected chi connectivity index (χ2v) is 9.99. The molecule has 1 saturated heterocycles. The van der Waals surface area contributed by atoms with Gasteiger partial charge >= 0.3 is 0 Å². The standard InChI is InChI=1S/C31H34N4.3ClH/c1-23(28-29(24-11-5-2-6-12-24)33-31(32-28)27-17-18-27)34-19-21-35(22-20-34)30(25-13-7-3-8-14-25)26-15-9-4-10-16-26;;;/h2-16,23,27,30H,17-22H2,1H3,(H,32,33);3*1H. The van der Waals surface area contributed by atoms with Gasteiger partial charge in [0.15, 0.2) is 0 Å². The van der Waals surface area contributed by atoms with Crippen LogP contribution in [-0.4, -0.2) is 45.9 Å². The second kappa shape index (κ2) is 13.6. The van der Waals surface area contributed by atoms with E-state index in [1.165, 1.54) is 46.7 Å². The van der Waals surface area contributed by atoms with Crippen LogP contribution in [0.25, 0.3) is 11.3 Å². The maximum absolute atomic E-state index is 5.16. The molecule has 2 fully saturated rings.